The average Bonchev–Trinajstić information content (AvgIpc) is 3.31. The van der Waals surface area contributed by atoms with Crippen LogP contribution in [-0.2, 0) is 22.6 Å². The number of benzene rings is 1. The summed E-state index contributed by atoms with van der Waals surface area (Å²) in [7, 11) is 0. The number of carbonyl (C=O) groups excluding carboxylic acids is 2. The molecule has 0 saturated carbocycles. The Morgan fingerprint density at radius 2 is 2.14 bits per heavy atom. The van der Waals surface area contributed by atoms with Crippen LogP contribution in [0, 0.1) is 6.92 Å². The number of aromatic nitrogens is 2. The zero-order valence-corrected chi connectivity index (χ0v) is 16.0. The van der Waals surface area contributed by atoms with Crippen LogP contribution in [0.25, 0.3) is 10.9 Å². The zero-order chi connectivity index (χ0) is 20.4. The lowest BCUT2D eigenvalue weighted by atomic mass is 10.1. The van der Waals surface area contributed by atoms with Crippen LogP contribution in [0.4, 0.5) is 0 Å². The van der Waals surface area contributed by atoms with Gasteiger partial charge in [0.2, 0.25) is 11.8 Å². The Morgan fingerprint density at radius 3 is 2.93 bits per heavy atom. The first-order chi connectivity index (χ1) is 14.0. The van der Waals surface area contributed by atoms with E-state index in [1.165, 1.54) is 4.90 Å². The molecule has 3 aromatic rings. The zero-order valence-electron chi connectivity index (χ0n) is 16.0. The van der Waals surface area contributed by atoms with E-state index in [-0.39, 0.29) is 31.2 Å². The second kappa shape index (κ2) is 8.00. The number of hydrogen-bond acceptors (Lipinski definition) is 6. The number of pyridine rings is 1. The molecule has 150 valence electrons. The molecule has 0 radical (unpaired) electrons. The van der Waals surface area contributed by atoms with E-state index in [4.69, 9.17) is 4.52 Å². The molecule has 0 bridgehead atoms. The number of rotatable bonds is 5. The molecule has 1 aliphatic rings. The van der Waals surface area contributed by atoms with Gasteiger partial charge in [-0.2, -0.15) is 0 Å². The Labute approximate surface area is 167 Å². The summed E-state index contributed by atoms with van der Waals surface area (Å²) in [5.74, 6) is -0.129. The molecule has 2 aromatic heterocycles. The maximum atomic E-state index is 12.8. The van der Waals surface area contributed by atoms with Crippen LogP contribution >= 0.6 is 0 Å². The van der Waals surface area contributed by atoms with Crippen molar-refractivity contribution in [2.45, 2.75) is 38.5 Å². The maximum Gasteiger partial charge on any atom is 0.243 e. The van der Waals surface area contributed by atoms with Gasteiger partial charge in [-0.25, -0.2) is 0 Å². The number of nitrogens with zero attached hydrogens (tertiary/aromatic N) is 3. The normalized spacial score (nSPS) is 18.9. The Morgan fingerprint density at radius 1 is 1.31 bits per heavy atom. The van der Waals surface area contributed by atoms with Crippen LogP contribution in [0.1, 0.15) is 23.4 Å². The number of para-hydroxylation sites is 1. The van der Waals surface area contributed by atoms with Gasteiger partial charge in [-0.05, 0) is 18.6 Å². The number of amides is 2. The van der Waals surface area contributed by atoms with Crippen LogP contribution in [0.5, 0.6) is 0 Å². The molecule has 1 aromatic carbocycles. The molecule has 8 nitrogen and oxygen atoms in total. The highest BCUT2D eigenvalue weighted by Gasteiger charge is 2.38. The molecule has 2 amide bonds. The molecule has 2 N–H and O–H groups in total. The largest absolute Gasteiger partial charge is 0.391 e. The summed E-state index contributed by atoms with van der Waals surface area (Å²) in [6.07, 6.45) is 1.20. The summed E-state index contributed by atoms with van der Waals surface area (Å²) in [5, 5.41) is 17.7. The topological polar surface area (TPSA) is 109 Å². The molecule has 1 saturated heterocycles. The Hall–Kier alpha value is -3.26. The highest BCUT2D eigenvalue weighted by Crippen LogP contribution is 2.21. The van der Waals surface area contributed by atoms with Gasteiger partial charge in [0.1, 0.15) is 11.8 Å². The monoisotopic (exact) mass is 394 g/mol. The van der Waals surface area contributed by atoms with Crippen molar-refractivity contribution in [2.24, 2.45) is 0 Å². The van der Waals surface area contributed by atoms with Crippen molar-refractivity contribution in [2.75, 3.05) is 6.54 Å². The minimum Gasteiger partial charge on any atom is -0.391 e. The van der Waals surface area contributed by atoms with E-state index in [0.717, 1.165) is 16.5 Å². The van der Waals surface area contributed by atoms with E-state index in [1.54, 1.807) is 19.2 Å². The number of hydrogen-bond donors (Lipinski definition) is 2. The standard InChI is InChI=1S/C21H22N4O4/c1-13-8-17(29-24-13)10-19(27)25-12-16(26)9-18(25)21(28)23-11-15-5-2-4-14-6-3-7-22-20(14)15/h2-8,16,18,26H,9-12H2,1H3,(H,23,28). The van der Waals surface area contributed by atoms with Crippen molar-refractivity contribution in [3.63, 3.8) is 0 Å². The van der Waals surface area contributed by atoms with Gasteiger partial charge >= 0.3 is 0 Å². The third-order valence-corrected chi connectivity index (χ3v) is 5.07. The van der Waals surface area contributed by atoms with Crippen LogP contribution in [0.2, 0.25) is 0 Å². The molecule has 1 fully saturated rings. The van der Waals surface area contributed by atoms with Gasteiger partial charge in [-0.15, -0.1) is 0 Å². The van der Waals surface area contributed by atoms with Gasteiger partial charge in [0, 0.05) is 37.2 Å². The first kappa shape index (κ1) is 19.1. The molecule has 2 unspecified atom stereocenters. The van der Waals surface area contributed by atoms with Gasteiger partial charge in [-0.1, -0.05) is 29.4 Å². The van der Waals surface area contributed by atoms with Crippen LogP contribution in [0.15, 0.2) is 47.1 Å². The van der Waals surface area contributed by atoms with E-state index in [2.05, 4.69) is 15.5 Å². The second-order valence-corrected chi connectivity index (χ2v) is 7.27. The molecule has 0 aliphatic carbocycles. The highest BCUT2D eigenvalue weighted by atomic mass is 16.5. The summed E-state index contributed by atoms with van der Waals surface area (Å²) in [6, 6.07) is 10.6. The van der Waals surface area contributed by atoms with Crippen LogP contribution in [-0.4, -0.2) is 50.7 Å². The number of aliphatic hydroxyl groups excluding tert-OH is 1. The number of aryl methyl sites for hydroxylation is 1. The molecule has 0 spiro atoms. The van der Waals surface area contributed by atoms with E-state index in [9.17, 15) is 14.7 Å². The van der Waals surface area contributed by atoms with E-state index < -0.39 is 12.1 Å². The molecule has 2 atom stereocenters. The van der Waals surface area contributed by atoms with Gasteiger partial charge in [0.05, 0.1) is 23.7 Å². The lowest BCUT2D eigenvalue weighted by Crippen LogP contribution is -2.46. The number of likely N-dealkylation sites (tertiary alicyclic amines) is 1. The fourth-order valence-electron chi connectivity index (χ4n) is 3.70. The van der Waals surface area contributed by atoms with E-state index in [0.29, 0.717) is 18.0 Å². The first-order valence-electron chi connectivity index (χ1n) is 9.51. The summed E-state index contributed by atoms with van der Waals surface area (Å²) < 4.78 is 5.10. The summed E-state index contributed by atoms with van der Waals surface area (Å²) in [5.41, 5.74) is 2.41. The number of nitrogens with one attached hydrogen (secondary N) is 1. The van der Waals surface area contributed by atoms with Gasteiger partial charge < -0.3 is 19.8 Å². The van der Waals surface area contributed by atoms with Crippen LogP contribution in [0.3, 0.4) is 0 Å². The minimum absolute atomic E-state index is 0.00455. The predicted molar refractivity (Wildman–Crippen MR) is 105 cm³/mol. The van der Waals surface area contributed by atoms with Gasteiger partial charge in [0.25, 0.3) is 0 Å². The Bertz CT molecular complexity index is 1040. The number of aliphatic hydroxyl groups is 1. The fourth-order valence-corrected chi connectivity index (χ4v) is 3.70. The van der Waals surface area contributed by atoms with Gasteiger partial charge in [-0.3, -0.25) is 14.6 Å². The van der Waals surface area contributed by atoms with E-state index in [1.807, 2.05) is 30.3 Å². The van der Waals surface area contributed by atoms with Crippen molar-refractivity contribution in [1.82, 2.24) is 20.4 Å². The number of fused-ring (bicyclic) bond motifs is 1. The summed E-state index contributed by atoms with van der Waals surface area (Å²) in [6.45, 7) is 2.19. The quantitative estimate of drug-likeness (QED) is 0.676. The Kier molecular flexibility index (Phi) is 5.26. The first-order valence-corrected chi connectivity index (χ1v) is 9.51. The average molecular weight is 394 g/mol. The molecule has 8 heteroatoms. The smallest absolute Gasteiger partial charge is 0.243 e. The lowest BCUT2D eigenvalue weighted by Gasteiger charge is -2.23. The highest BCUT2D eigenvalue weighted by molar-refractivity contribution is 5.89. The maximum absolute atomic E-state index is 12.8. The molecular formula is C21H22N4O4. The van der Waals surface area contributed by atoms with Crippen molar-refractivity contribution in [3.05, 3.63) is 59.6 Å². The summed E-state index contributed by atoms with van der Waals surface area (Å²) in [4.78, 5) is 31.3. The molecule has 29 heavy (non-hydrogen) atoms. The van der Waals surface area contributed by atoms with Gasteiger partial charge in [0.15, 0.2) is 0 Å². The number of carbonyl (C=O) groups is 2. The van der Waals surface area contributed by atoms with Crippen molar-refractivity contribution >= 4 is 22.7 Å². The fraction of sp³-hybridized carbons (Fsp3) is 0.333. The minimum atomic E-state index is -0.731. The molecular weight excluding hydrogens is 372 g/mol. The van der Waals surface area contributed by atoms with Crippen molar-refractivity contribution in [3.8, 4) is 0 Å². The third-order valence-electron chi connectivity index (χ3n) is 5.07. The predicted octanol–water partition coefficient (Wildman–Crippen LogP) is 1.35. The van der Waals surface area contributed by atoms with Crippen LogP contribution < -0.4 is 5.32 Å². The second-order valence-electron chi connectivity index (χ2n) is 7.27. The lowest BCUT2D eigenvalue weighted by molar-refractivity contribution is -0.138. The third kappa shape index (κ3) is 4.12. The Balaban J connectivity index is 1.44. The molecule has 3 heterocycles. The van der Waals surface area contributed by atoms with Crippen molar-refractivity contribution < 1.29 is 19.2 Å². The molecule has 4 rings (SSSR count). The summed E-state index contributed by atoms with van der Waals surface area (Å²) >= 11 is 0. The molecule has 1 aliphatic heterocycles. The SMILES string of the molecule is Cc1cc(CC(=O)N2CC(O)CC2C(=O)NCc2cccc3cccnc23)on1. The van der Waals surface area contributed by atoms with Crippen molar-refractivity contribution in [1.29, 1.82) is 0 Å². The number of β-amino-alcohol motifs (C(OH)–C–C–N with tert-alkyl or cyclic N) is 1. The van der Waals surface area contributed by atoms with E-state index >= 15 is 0 Å².